The third-order valence-corrected chi connectivity index (χ3v) is 2.28. The topological polar surface area (TPSA) is 29.1 Å². The number of hydrogen-bond donors (Lipinski definition) is 1. The largest absolute Gasteiger partial charge is 0.305 e. The highest BCUT2D eigenvalue weighted by Gasteiger charge is 2.13. The summed E-state index contributed by atoms with van der Waals surface area (Å²) in [6.07, 6.45) is 3.00. The number of carbonyl (C=O) groups is 1. The molecule has 0 saturated heterocycles. The monoisotopic (exact) mass is 189 g/mol. The van der Waals surface area contributed by atoms with Crippen LogP contribution in [0.1, 0.15) is 27.2 Å². The molecule has 0 bridgehead atoms. The fourth-order valence-electron chi connectivity index (χ4n) is 1.04. The SMILES string of the molecule is CSCC[C@H](NC(C)C)C(C)=O. The lowest BCUT2D eigenvalue weighted by molar-refractivity contribution is -0.119. The van der Waals surface area contributed by atoms with E-state index in [1.807, 2.05) is 0 Å². The molecule has 0 aromatic heterocycles. The van der Waals surface area contributed by atoms with Crippen molar-refractivity contribution in [2.45, 2.75) is 39.3 Å². The zero-order valence-corrected chi connectivity index (χ0v) is 9.20. The Morgan fingerprint density at radius 1 is 1.50 bits per heavy atom. The summed E-state index contributed by atoms with van der Waals surface area (Å²) >= 11 is 1.78. The molecule has 0 heterocycles. The second kappa shape index (κ2) is 6.49. The molecule has 0 aromatic carbocycles. The molecule has 12 heavy (non-hydrogen) atoms. The molecule has 0 radical (unpaired) electrons. The van der Waals surface area contributed by atoms with Crippen LogP contribution >= 0.6 is 11.8 Å². The van der Waals surface area contributed by atoms with E-state index >= 15 is 0 Å². The minimum Gasteiger partial charge on any atom is -0.305 e. The predicted octanol–water partition coefficient (Wildman–Crippen LogP) is 1.70. The van der Waals surface area contributed by atoms with E-state index < -0.39 is 0 Å². The maximum Gasteiger partial charge on any atom is 0.146 e. The molecule has 3 heteroatoms. The lowest BCUT2D eigenvalue weighted by atomic mass is 10.1. The molecule has 1 atom stereocenters. The molecule has 0 fully saturated rings. The van der Waals surface area contributed by atoms with Gasteiger partial charge in [0.25, 0.3) is 0 Å². The molecular weight excluding hydrogens is 170 g/mol. The molecule has 0 aliphatic rings. The van der Waals surface area contributed by atoms with Crippen LogP contribution in [0, 0.1) is 0 Å². The van der Waals surface area contributed by atoms with Gasteiger partial charge in [0.1, 0.15) is 5.78 Å². The van der Waals surface area contributed by atoms with E-state index in [0.717, 1.165) is 12.2 Å². The summed E-state index contributed by atoms with van der Waals surface area (Å²) in [5, 5.41) is 3.25. The van der Waals surface area contributed by atoms with Crippen LogP contribution in [0.3, 0.4) is 0 Å². The Bertz CT molecular complexity index is 136. The standard InChI is InChI=1S/C9H19NOS/c1-7(2)10-9(8(3)11)5-6-12-4/h7,9-10H,5-6H2,1-4H3/t9-/m0/s1. The van der Waals surface area contributed by atoms with E-state index in [-0.39, 0.29) is 11.8 Å². The van der Waals surface area contributed by atoms with Gasteiger partial charge >= 0.3 is 0 Å². The first-order valence-corrected chi connectivity index (χ1v) is 5.72. The van der Waals surface area contributed by atoms with Crippen molar-refractivity contribution in [3.8, 4) is 0 Å². The Morgan fingerprint density at radius 3 is 2.42 bits per heavy atom. The van der Waals surface area contributed by atoms with Crippen molar-refractivity contribution in [1.29, 1.82) is 0 Å². The summed E-state index contributed by atoms with van der Waals surface area (Å²) in [6, 6.07) is 0.443. The first-order valence-electron chi connectivity index (χ1n) is 4.33. The van der Waals surface area contributed by atoms with E-state index in [1.165, 1.54) is 0 Å². The normalized spacial score (nSPS) is 13.4. The molecule has 0 saturated carbocycles. The zero-order chi connectivity index (χ0) is 9.56. The van der Waals surface area contributed by atoms with Crippen LogP contribution in [0.25, 0.3) is 0 Å². The van der Waals surface area contributed by atoms with Gasteiger partial charge in [0.2, 0.25) is 0 Å². The molecular formula is C9H19NOS. The van der Waals surface area contributed by atoms with Gasteiger partial charge in [0.05, 0.1) is 6.04 Å². The van der Waals surface area contributed by atoms with Gasteiger partial charge in [-0.15, -0.1) is 0 Å². The Morgan fingerprint density at radius 2 is 2.08 bits per heavy atom. The van der Waals surface area contributed by atoms with Gasteiger partial charge < -0.3 is 5.32 Å². The van der Waals surface area contributed by atoms with Crippen molar-refractivity contribution < 1.29 is 4.79 Å². The Labute approximate surface area is 79.5 Å². The number of thioether (sulfide) groups is 1. The van der Waals surface area contributed by atoms with Crippen LogP contribution in [0.4, 0.5) is 0 Å². The summed E-state index contributed by atoms with van der Waals surface area (Å²) in [6.45, 7) is 5.78. The van der Waals surface area contributed by atoms with Crippen LogP contribution < -0.4 is 5.32 Å². The predicted molar refractivity (Wildman–Crippen MR) is 55.7 cm³/mol. The maximum atomic E-state index is 11.1. The molecule has 0 aliphatic heterocycles. The average molecular weight is 189 g/mol. The molecule has 0 rings (SSSR count). The molecule has 0 unspecified atom stereocenters. The van der Waals surface area contributed by atoms with Crippen LogP contribution in [0.2, 0.25) is 0 Å². The molecule has 0 aromatic rings. The zero-order valence-electron chi connectivity index (χ0n) is 8.39. The second-order valence-electron chi connectivity index (χ2n) is 3.27. The Kier molecular flexibility index (Phi) is 6.48. The number of Topliss-reactive ketones (excluding diaryl/α,β-unsaturated/α-hetero) is 1. The number of carbonyl (C=O) groups excluding carboxylic acids is 1. The van der Waals surface area contributed by atoms with Crippen molar-refractivity contribution in [2.24, 2.45) is 0 Å². The summed E-state index contributed by atoms with van der Waals surface area (Å²) in [5.74, 6) is 1.29. The third-order valence-electron chi connectivity index (χ3n) is 1.64. The quantitative estimate of drug-likeness (QED) is 0.689. The van der Waals surface area contributed by atoms with Crippen molar-refractivity contribution in [1.82, 2.24) is 5.32 Å². The highest BCUT2D eigenvalue weighted by Crippen LogP contribution is 2.02. The highest BCUT2D eigenvalue weighted by molar-refractivity contribution is 7.98. The van der Waals surface area contributed by atoms with Gasteiger partial charge in [-0.2, -0.15) is 11.8 Å². The van der Waals surface area contributed by atoms with E-state index in [2.05, 4.69) is 25.4 Å². The summed E-state index contributed by atoms with van der Waals surface area (Å²) in [4.78, 5) is 11.1. The van der Waals surface area contributed by atoms with Crippen molar-refractivity contribution in [3.63, 3.8) is 0 Å². The molecule has 2 nitrogen and oxygen atoms in total. The van der Waals surface area contributed by atoms with Crippen molar-refractivity contribution in [3.05, 3.63) is 0 Å². The van der Waals surface area contributed by atoms with Crippen molar-refractivity contribution in [2.75, 3.05) is 12.0 Å². The van der Waals surface area contributed by atoms with Gasteiger partial charge in [-0.25, -0.2) is 0 Å². The van der Waals surface area contributed by atoms with E-state index in [9.17, 15) is 4.79 Å². The van der Waals surface area contributed by atoms with Gasteiger partial charge in [-0.1, -0.05) is 13.8 Å². The Balaban J connectivity index is 3.78. The minimum atomic E-state index is 0.0532. The first-order chi connectivity index (χ1) is 5.57. The van der Waals surface area contributed by atoms with Gasteiger partial charge in [-0.3, -0.25) is 4.79 Å². The smallest absolute Gasteiger partial charge is 0.146 e. The summed E-state index contributed by atoms with van der Waals surface area (Å²) in [5.41, 5.74) is 0. The molecule has 0 amide bonds. The number of ketones is 1. The van der Waals surface area contributed by atoms with Gasteiger partial charge in [-0.05, 0) is 25.4 Å². The summed E-state index contributed by atoms with van der Waals surface area (Å²) in [7, 11) is 0. The number of hydrogen-bond acceptors (Lipinski definition) is 3. The molecule has 1 N–H and O–H groups in total. The summed E-state index contributed by atoms with van der Waals surface area (Å²) < 4.78 is 0. The molecule has 0 spiro atoms. The Hall–Kier alpha value is -0.0200. The van der Waals surface area contributed by atoms with Crippen LogP contribution in [-0.4, -0.2) is 29.9 Å². The van der Waals surface area contributed by atoms with E-state index in [4.69, 9.17) is 0 Å². The number of nitrogens with one attached hydrogen (secondary N) is 1. The average Bonchev–Trinajstić information content (AvgIpc) is 1.96. The van der Waals surface area contributed by atoms with Gasteiger partial charge in [0, 0.05) is 6.04 Å². The van der Waals surface area contributed by atoms with Crippen molar-refractivity contribution >= 4 is 17.5 Å². The van der Waals surface area contributed by atoms with Crippen LogP contribution in [0.5, 0.6) is 0 Å². The lowest BCUT2D eigenvalue weighted by Gasteiger charge is -2.17. The van der Waals surface area contributed by atoms with Crippen LogP contribution in [-0.2, 0) is 4.79 Å². The maximum absolute atomic E-state index is 11.1. The highest BCUT2D eigenvalue weighted by atomic mass is 32.2. The van der Waals surface area contributed by atoms with E-state index in [0.29, 0.717) is 6.04 Å². The molecule has 0 aliphatic carbocycles. The van der Waals surface area contributed by atoms with E-state index in [1.54, 1.807) is 18.7 Å². The fraction of sp³-hybridized carbons (Fsp3) is 0.889. The van der Waals surface area contributed by atoms with Crippen LogP contribution in [0.15, 0.2) is 0 Å². The first kappa shape index (κ1) is 12.0. The minimum absolute atomic E-state index is 0.0532. The second-order valence-corrected chi connectivity index (χ2v) is 4.25. The molecule has 72 valence electrons. The fourth-order valence-corrected chi connectivity index (χ4v) is 1.51. The van der Waals surface area contributed by atoms with Gasteiger partial charge in [0.15, 0.2) is 0 Å². The third kappa shape index (κ3) is 5.61. The number of rotatable bonds is 6. The lowest BCUT2D eigenvalue weighted by Crippen LogP contribution is -2.40.